The van der Waals surface area contributed by atoms with Crippen molar-refractivity contribution in [1.29, 1.82) is 0 Å². The quantitative estimate of drug-likeness (QED) is 0.570. The summed E-state index contributed by atoms with van der Waals surface area (Å²) in [6.07, 6.45) is 6.49. The topological polar surface area (TPSA) is 26.3 Å². The molecular weight excluding hydrogens is 212 g/mol. The van der Waals surface area contributed by atoms with Crippen LogP contribution in [-0.4, -0.2) is 12.6 Å². The van der Waals surface area contributed by atoms with Crippen molar-refractivity contribution in [1.82, 2.24) is 0 Å². The Labute approximate surface area is 103 Å². The molecule has 0 atom stereocenters. The molecule has 0 aliphatic heterocycles. The molecule has 0 aliphatic rings. The molecule has 1 aromatic carbocycles. The first-order chi connectivity index (χ1) is 8.24. The van der Waals surface area contributed by atoms with Crippen molar-refractivity contribution in [3.8, 4) is 0 Å². The maximum atomic E-state index is 11.4. The van der Waals surface area contributed by atoms with Crippen LogP contribution in [0.25, 0.3) is 6.08 Å². The van der Waals surface area contributed by atoms with Crippen molar-refractivity contribution >= 4 is 12.0 Å². The van der Waals surface area contributed by atoms with Crippen LogP contribution in [0.4, 0.5) is 0 Å². The van der Waals surface area contributed by atoms with Gasteiger partial charge in [-0.3, -0.25) is 0 Å². The molecule has 90 valence electrons. The van der Waals surface area contributed by atoms with E-state index >= 15 is 0 Å². The third-order valence-electron chi connectivity index (χ3n) is 2.25. The predicted octanol–water partition coefficient (Wildman–Crippen LogP) is 3.60. The van der Waals surface area contributed by atoms with Gasteiger partial charge in [-0.1, -0.05) is 49.4 Å². The Morgan fingerprint density at radius 2 is 2.00 bits per heavy atom. The zero-order valence-electron chi connectivity index (χ0n) is 10.3. The average Bonchev–Trinajstić information content (AvgIpc) is 2.36. The second kappa shape index (κ2) is 7.44. The summed E-state index contributed by atoms with van der Waals surface area (Å²) in [7, 11) is 0. The number of ether oxygens (including phenoxy) is 1. The van der Waals surface area contributed by atoms with Gasteiger partial charge in [0.25, 0.3) is 0 Å². The van der Waals surface area contributed by atoms with Gasteiger partial charge in [0.2, 0.25) is 0 Å². The number of rotatable bonds is 5. The molecule has 0 heterocycles. The van der Waals surface area contributed by atoms with E-state index in [1.54, 1.807) is 6.92 Å². The lowest BCUT2D eigenvalue weighted by Crippen LogP contribution is -2.05. The van der Waals surface area contributed by atoms with Crippen molar-refractivity contribution in [2.75, 3.05) is 6.61 Å². The molecular formula is C15H18O2. The highest BCUT2D eigenvalue weighted by Crippen LogP contribution is 2.02. The molecule has 0 aromatic heterocycles. The summed E-state index contributed by atoms with van der Waals surface area (Å²) in [4.78, 5) is 11.4. The van der Waals surface area contributed by atoms with Crippen molar-refractivity contribution in [2.24, 2.45) is 0 Å². The highest BCUT2D eigenvalue weighted by molar-refractivity contribution is 5.87. The lowest BCUT2D eigenvalue weighted by Gasteiger charge is -2.01. The van der Waals surface area contributed by atoms with Crippen LogP contribution < -0.4 is 0 Å². The van der Waals surface area contributed by atoms with Crippen molar-refractivity contribution in [3.05, 3.63) is 53.6 Å². The van der Waals surface area contributed by atoms with Crippen LogP contribution in [0.3, 0.4) is 0 Å². The van der Waals surface area contributed by atoms with Crippen LogP contribution in [-0.2, 0) is 9.53 Å². The first kappa shape index (κ1) is 13.2. The Bertz CT molecular complexity index is 402. The van der Waals surface area contributed by atoms with E-state index in [0.717, 1.165) is 12.0 Å². The van der Waals surface area contributed by atoms with E-state index in [4.69, 9.17) is 4.74 Å². The molecule has 0 amide bonds. The number of carbonyl (C=O) groups is 1. The standard InChI is InChI=1S/C15H18O2/c1-3-8-13(2)15(16)17-12-7-11-14-9-5-4-6-10-14/h4-11H,3,12H2,1-2H3/b11-7+,13-8?. The smallest absolute Gasteiger partial charge is 0.333 e. The summed E-state index contributed by atoms with van der Waals surface area (Å²) in [6.45, 7) is 4.07. The Balaban J connectivity index is 2.36. The molecule has 0 aliphatic carbocycles. The zero-order chi connectivity index (χ0) is 12.5. The van der Waals surface area contributed by atoms with Crippen LogP contribution in [0.1, 0.15) is 25.8 Å². The van der Waals surface area contributed by atoms with Gasteiger partial charge in [-0.25, -0.2) is 4.79 Å². The maximum Gasteiger partial charge on any atom is 0.333 e. The minimum atomic E-state index is -0.246. The van der Waals surface area contributed by atoms with Gasteiger partial charge in [0.05, 0.1) is 0 Å². The van der Waals surface area contributed by atoms with Crippen molar-refractivity contribution in [3.63, 3.8) is 0 Å². The van der Waals surface area contributed by atoms with E-state index in [0.29, 0.717) is 12.2 Å². The fraction of sp³-hybridized carbons (Fsp3) is 0.267. The SMILES string of the molecule is CCC=C(C)C(=O)OC/C=C/c1ccccc1. The number of carbonyl (C=O) groups excluding carboxylic acids is 1. The molecule has 1 rings (SSSR count). The monoisotopic (exact) mass is 230 g/mol. The third kappa shape index (κ3) is 5.16. The van der Waals surface area contributed by atoms with Gasteiger partial charge in [0.1, 0.15) is 6.61 Å². The largest absolute Gasteiger partial charge is 0.458 e. The summed E-state index contributed by atoms with van der Waals surface area (Å²) in [5, 5.41) is 0. The van der Waals surface area contributed by atoms with Crippen LogP contribution in [0.2, 0.25) is 0 Å². The number of allylic oxidation sites excluding steroid dienone is 1. The summed E-state index contributed by atoms with van der Waals surface area (Å²) in [6, 6.07) is 9.91. The molecule has 0 bridgehead atoms. The molecule has 0 spiro atoms. The second-order valence-corrected chi connectivity index (χ2v) is 3.71. The van der Waals surface area contributed by atoms with E-state index in [1.807, 2.05) is 55.5 Å². The van der Waals surface area contributed by atoms with E-state index in [1.165, 1.54) is 0 Å². The molecule has 0 saturated carbocycles. The number of esters is 1. The minimum Gasteiger partial charge on any atom is -0.458 e. The summed E-state index contributed by atoms with van der Waals surface area (Å²) in [5.74, 6) is -0.246. The van der Waals surface area contributed by atoms with Gasteiger partial charge >= 0.3 is 5.97 Å². The van der Waals surface area contributed by atoms with E-state index in [2.05, 4.69) is 0 Å². The van der Waals surface area contributed by atoms with Crippen LogP contribution >= 0.6 is 0 Å². The van der Waals surface area contributed by atoms with Crippen LogP contribution in [0.5, 0.6) is 0 Å². The summed E-state index contributed by atoms with van der Waals surface area (Å²) >= 11 is 0. The van der Waals surface area contributed by atoms with Gasteiger partial charge in [0, 0.05) is 5.57 Å². The fourth-order valence-corrected chi connectivity index (χ4v) is 1.38. The molecule has 0 fully saturated rings. The van der Waals surface area contributed by atoms with Gasteiger partial charge in [-0.2, -0.15) is 0 Å². The fourth-order valence-electron chi connectivity index (χ4n) is 1.38. The third-order valence-corrected chi connectivity index (χ3v) is 2.25. The lowest BCUT2D eigenvalue weighted by atomic mass is 10.2. The summed E-state index contributed by atoms with van der Waals surface area (Å²) in [5.41, 5.74) is 1.77. The second-order valence-electron chi connectivity index (χ2n) is 3.71. The number of benzene rings is 1. The van der Waals surface area contributed by atoms with Crippen molar-refractivity contribution in [2.45, 2.75) is 20.3 Å². The Morgan fingerprint density at radius 1 is 1.29 bits per heavy atom. The molecule has 17 heavy (non-hydrogen) atoms. The van der Waals surface area contributed by atoms with Crippen molar-refractivity contribution < 1.29 is 9.53 Å². The number of hydrogen-bond donors (Lipinski definition) is 0. The van der Waals surface area contributed by atoms with Crippen LogP contribution in [0, 0.1) is 0 Å². The first-order valence-corrected chi connectivity index (χ1v) is 5.79. The average molecular weight is 230 g/mol. The number of hydrogen-bond acceptors (Lipinski definition) is 2. The molecule has 0 radical (unpaired) electrons. The van der Waals surface area contributed by atoms with Gasteiger partial charge in [-0.15, -0.1) is 0 Å². The van der Waals surface area contributed by atoms with E-state index in [9.17, 15) is 4.79 Å². The normalized spacial score (nSPS) is 11.8. The summed E-state index contributed by atoms with van der Waals surface area (Å²) < 4.78 is 5.08. The molecule has 0 saturated heterocycles. The minimum absolute atomic E-state index is 0.246. The molecule has 2 nitrogen and oxygen atoms in total. The van der Waals surface area contributed by atoms with E-state index in [-0.39, 0.29) is 5.97 Å². The van der Waals surface area contributed by atoms with E-state index < -0.39 is 0 Å². The lowest BCUT2D eigenvalue weighted by molar-refractivity contribution is -0.137. The molecule has 1 aromatic rings. The molecule has 2 heteroatoms. The molecule has 0 N–H and O–H groups in total. The highest BCUT2D eigenvalue weighted by Gasteiger charge is 2.02. The first-order valence-electron chi connectivity index (χ1n) is 5.79. The van der Waals surface area contributed by atoms with Gasteiger partial charge in [0.15, 0.2) is 0 Å². The van der Waals surface area contributed by atoms with Gasteiger partial charge < -0.3 is 4.74 Å². The Morgan fingerprint density at radius 3 is 2.65 bits per heavy atom. The highest BCUT2D eigenvalue weighted by atomic mass is 16.5. The van der Waals surface area contributed by atoms with Gasteiger partial charge in [-0.05, 0) is 25.0 Å². The van der Waals surface area contributed by atoms with Crippen LogP contribution in [0.15, 0.2) is 48.1 Å². The molecule has 0 unspecified atom stereocenters. The Kier molecular flexibility index (Phi) is 5.80. The zero-order valence-corrected chi connectivity index (χ0v) is 10.3. The Hall–Kier alpha value is -1.83. The maximum absolute atomic E-state index is 11.4. The predicted molar refractivity (Wildman–Crippen MR) is 70.5 cm³/mol.